The summed E-state index contributed by atoms with van der Waals surface area (Å²) >= 11 is 6.20. The van der Waals surface area contributed by atoms with E-state index in [1.807, 2.05) is 0 Å². The van der Waals surface area contributed by atoms with Crippen molar-refractivity contribution in [2.45, 2.75) is 31.7 Å². The van der Waals surface area contributed by atoms with Gasteiger partial charge in [0.05, 0.1) is 22.5 Å². The monoisotopic (exact) mass is 356 g/mol. The summed E-state index contributed by atoms with van der Waals surface area (Å²) in [6, 6.07) is 4.94. The second-order valence-electron chi connectivity index (χ2n) is 6.65. The molecule has 0 aromatic heterocycles. The van der Waals surface area contributed by atoms with E-state index >= 15 is 0 Å². The Morgan fingerprint density at radius 1 is 1.30 bits per heavy atom. The van der Waals surface area contributed by atoms with E-state index in [1.165, 1.54) is 32.4 Å². The van der Waals surface area contributed by atoms with Crippen molar-refractivity contribution in [1.82, 2.24) is 5.32 Å². The molecular weight excluding hydrogens is 336 g/mol. The van der Waals surface area contributed by atoms with Gasteiger partial charge in [0, 0.05) is 13.1 Å². The highest BCUT2D eigenvalue weighted by atomic mass is 35.5. The van der Waals surface area contributed by atoms with Gasteiger partial charge in [-0.1, -0.05) is 18.0 Å². The van der Waals surface area contributed by atoms with Crippen LogP contribution in [-0.4, -0.2) is 33.7 Å². The second kappa shape index (κ2) is 5.98. The summed E-state index contributed by atoms with van der Waals surface area (Å²) in [5.41, 5.74) is 0.828. The Kier molecular flexibility index (Phi) is 4.31. The lowest BCUT2D eigenvalue weighted by molar-refractivity contribution is 0.0923. The van der Waals surface area contributed by atoms with Gasteiger partial charge < -0.3 is 5.32 Å². The zero-order valence-electron chi connectivity index (χ0n) is 13.3. The first-order valence-corrected chi connectivity index (χ1v) is 10.0. The molecule has 0 radical (unpaired) electrons. The van der Waals surface area contributed by atoms with Crippen molar-refractivity contribution in [1.29, 1.82) is 0 Å². The first kappa shape index (κ1) is 16.6. The molecule has 23 heavy (non-hydrogen) atoms. The number of benzene rings is 1. The van der Waals surface area contributed by atoms with Gasteiger partial charge in [0.1, 0.15) is 0 Å². The highest BCUT2D eigenvalue weighted by Crippen LogP contribution is 2.44. The number of anilines is 1. The van der Waals surface area contributed by atoms with E-state index in [9.17, 15) is 13.2 Å². The van der Waals surface area contributed by atoms with Gasteiger partial charge in [-0.2, -0.15) is 0 Å². The maximum absolute atomic E-state index is 12.4. The van der Waals surface area contributed by atoms with Crippen molar-refractivity contribution in [3.63, 3.8) is 0 Å². The fraction of sp³-hybridized carbons (Fsp3) is 0.562. The first-order valence-electron chi connectivity index (χ1n) is 7.80. The van der Waals surface area contributed by atoms with Gasteiger partial charge in [0.2, 0.25) is 10.0 Å². The van der Waals surface area contributed by atoms with Gasteiger partial charge in [0.15, 0.2) is 0 Å². The van der Waals surface area contributed by atoms with Crippen LogP contribution in [0.5, 0.6) is 0 Å². The third-order valence-corrected chi connectivity index (χ3v) is 6.63. The number of nitrogens with zero attached hydrogens (tertiary/aromatic N) is 1. The van der Waals surface area contributed by atoms with Crippen molar-refractivity contribution >= 4 is 33.2 Å². The molecule has 0 saturated heterocycles. The van der Waals surface area contributed by atoms with Crippen LogP contribution in [0.1, 0.15) is 36.0 Å². The van der Waals surface area contributed by atoms with Gasteiger partial charge in [-0.3, -0.25) is 9.10 Å². The summed E-state index contributed by atoms with van der Waals surface area (Å²) < 4.78 is 24.3. The Morgan fingerprint density at radius 2 is 2.04 bits per heavy atom. The highest BCUT2D eigenvalue weighted by Gasteiger charge is 2.40. The van der Waals surface area contributed by atoms with Crippen molar-refractivity contribution in [3.8, 4) is 0 Å². The summed E-state index contributed by atoms with van der Waals surface area (Å²) in [4.78, 5) is 12.4. The summed E-state index contributed by atoms with van der Waals surface area (Å²) in [6.07, 6.45) is 5.88. The number of nitrogens with one attached hydrogen (secondary N) is 1. The van der Waals surface area contributed by atoms with Crippen LogP contribution in [0.2, 0.25) is 5.02 Å². The molecule has 3 rings (SSSR count). The lowest BCUT2D eigenvalue weighted by Gasteiger charge is -2.23. The number of amides is 1. The number of carbonyl (C=O) groups excluding carboxylic acids is 1. The fourth-order valence-corrected chi connectivity index (χ4v) is 4.50. The molecule has 5 nitrogen and oxygen atoms in total. The molecule has 3 atom stereocenters. The number of fused-ring (bicyclic) bond motifs is 2. The van der Waals surface area contributed by atoms with Gasteiger partial charge >= 0.3 is 0 Å². The Morgan fingerprint density at radius 3 is 2.57 bits per heavy atom. The van der Waals surface area contributed by atoms with E-state index < -0.39 is 10.0 Å². The summed E-state index contributed by atoms with van der Waals surface area (Å²) in [5.74, 6) is 1.17. The van der Waals surface area contributed by atoms with Crippen LogP contribution in [0.25, 0.3) is 0 Å². The third-order valence-electron chi connectivity index (χ3n) is 5.11. The third kappa shape index (κ3) is 3.33. The van der Waals surface area contributed by atoms with Crippen molar-refractivity contribution < 1.29 is 13.2 Å². The topological polar surface area (TPSA) is 66.5 Å². The molecule has 0 aliphatic heterocycles. The molecule has 1 N–H and O–H groups in total. The second-order valence-corrected chi connectivity index (χ2v) is 9.07. The smallest absolute Gasteiger partial charge is 0.253 e. The molecule has 0 unspecified atom stereocenters. The van der Waals surface area contributed by atoms with Gasteiger partial charge in [0.25, 0.3) is 5.91 Å². The average molecular weight is 357 g/mol. The minimum atomic E-state index is -3.36. The average Bonchev–Trinajstić information content (AvgIpc) is 3.07. The van der Waals surface area contributed by atoms with Crippen LogP contribution in [0.4, 0.5) is 5.69 Å². The van der Waals surface area contributed by atoms with Crippen LogP contribution < -0.4 is 9.62 Å². The number of rotatable bonds is 4. The molecule has 2 saturated carbocycles. The summed E-state index contributed by atoms with van der Waals surface area (Å²) in [5, 5.41) is 3.35. The standard InChI is InChI=1S/C16H21ClN2O3S/c1-19(23(2,21)22)12-5-6-13(14(17)9-12)16(20)18-15-8-10-3-4-11(15)7-10/h5-6,9-11,15H,3-4,7-8H2,1-2H3,(H,18,20)/t10-,11-,15-/m0/s1. The largest absolute Gasteiger partial charge is 0.349 e. The molecule has 1 aromatic carbocycles. The zero-order chi connectivity index (χ0) is 16.8. The normalized spacial score (nSPS) is 26.3. The summed E-state index contributed by atoms with van der Waals surface area (Å²) in [6.45, 7) is 0. The molecule has 126 valence electrons. The van der Waals surface area contributed by atoms with E-state index in [4.69, 9.17) is 11.6 Å². The minimum Gasteiger partial charge on any atom is -0.349 e. The van der Waals surface area contributed by atoms with E-state index in [-0.39, 0.29) is 17.0 Å². The van der Waals surface area contributed by atoms with Gasteiger partial charge in [-0.15, -0.1) is 0 Å². The van der Waals surface area contributed by atoms with E-state index in [0.29, 0.717) is 17.2 Å². The quantitative estimate of drug-likeness (QED) is 0.901. The number of sulfonamides is 1. The molecule has 2 bridgehead atoms. The van der Waals surface area contributed by atoms with E-state index in [1.54, 1.807) is 12.1 Å². The number of hydrogen-bond acceptors (Lipinski definition) is 3. The van der Waals surface area contributed by atoms with E-state index in [2.05, 4.69) is 5.32 Å². The molecule has 1 amide bonds. The lowest BCUT2D eigenvalue weighted by Crippen LogP contribution is -2.38. The predicted molar refractivity (Wildman–Crippen MR) is 91.4 cm³/mol. The van der Waals surface area contributed by atoms with E-state index in [0.717, 1.165) is 22.9 Å². The Labute approximate surface area is 142 Å². The number of carbonyl (C=O) groups is 1. The predicted octanol–water partition coefficient (Wildman–Crippen LogP) is 2.65. The molecule has 0 spiro atoms. The van der Waals surface area contributed by atoms with Crippen molar-refractivity contribution in [3.05, 3.63) is 28.8 Å². The molecule has 2 aliphatic rings. The Bertz CT molecular complexity index is 735. The zero-order valence-corrected chi connectivity index (χ0v) is 14.8. The van der Waals surface area contributed by atoms with Crippen LogP contribution in [0.3, 0.4) is 0 Å². The Balaban J connectivity index is 1.74. The maximum atomic E-state index is 12.4. The fourth-order valence-electron chi connectivity index (χ4n) is 3.74. The molecular formula is C16H21ClN2O3S. The molecule has 7 heteroatoms. The van der Waals surface area contributed by atoms with Crippen LogP contribution in [0.15, 0.2) is 18.2 Å². The van der Waals surface area contributed by atoms with Crippen LogP contribution >= 0.6 is 11.6 Å². The van der Waals surface area contributed by atoms with Crippen LogP contribution in [0, 0.1) is 11.8 Å². The van der Waals surface area contributed by atoms with Crippen LogP contribution in [-0.2, 0) is 10.0 Å². The van der Waals surface area contributed by atoms with Crippen molar-refractivity contribution in [2.24, 2.45) is 11.8 Å². The number of halogens is 1. The SMILES string of the molecule is CN(c1ccc(C(=O)N[C@H]2C[C@H]3CC[C@H]2C3)c(Cl)c1)S(C)(=O)=O. The summed E-state index contributed by atoms with van der Waals surface area (Å²) in [7, 11) is -1.90. The molecule has 2 aliphatic carbocycles. The molecule has 2 fully saturated rings. The molecule has 0 heterocycles. The first-order chi connectivity index (χ1) is 10.8. The lowest BCUT2D eigenvalue weighted by atomic mass is 9.95. The maximum Gasteiger partial charge on any atom is 0.253 e. The number of hydrogen-bond donors (Lipinski definition) is 1. The van der Waals surface area contributed by atoms with Crippen molar-refractivity contribution in [2.75, 3.05) is 17.6 Å². The minimum absolute atomic E-state index is 0.180. The molecule has 1 aromatic rings. The van der Waals surface area contributed by atoms with Gasteiger partial charge in [-0.25, -0.2) is 8.42 Å². The Hall–Kier alpha value is -1.27. The highest BCUT2D eigenvalue weighted by molar-refractivity contribution is 7.92. The van der Waals surface area contributed by atoms with Gasteiger partial charge in [-0.05, 0) is 49.3 Å².